The Balaban J connectivity index is 2.35. The standard InChI is InChI=1S/C14H11Br2N3S/c1-7-5-20-6-10(7)14-18-12-9(13(17-2)19-14)3-8(15)4-11(12)16/h3-6H,1-2H3,(H,17,18,19). The molecule has 0 amide bonds. The topological polar surface area (TPSA) is 37.8 Å². The van der Waals surface area contributed by atoms with Crippen molar-refractivity contribution >= 4 is 59.9 Å². The van der Waals surface area contributed by atoms with E-state index in [9.17, 15) is 0 Å². The highest BCUT2D eigenvalue weighted by molar-refractivity contribution is 9.11. The number of nitrogens with one attached hydrogen (secondary N) is 1. The molecule has 1 aromatic carbocycles. The van der Waals surface area contributed by atoms with Crippen LogP contribution in [0.5, 0.6) is 0 Å². The zero-order chi connectivity index (χ0) is 14.3. The lowest BCUT2D eigenvalue weighted by molar-refractivity contribution is 1.21. The SMILES string of the molecule is CNc1nc(-c2cscc2C)nc2c(Br)cc(Br)cc12. The molecule has 0 aliphatic heterocycles. The van der Waals surface area contributed by atoms with E-state index < -0.39 is 0 Å². The first-order valence-electron chi connectivity index (χ1n) is 5.98. The number of anilines is 1. The lowest BCUT2D eigenvalue weighted by Crippen LogP contribution is -1.99. The van der Waals surface area contributed by atoms with Crippen LogP contribution in [0.2, 0.25) is 0 Å². The van der Waals surface area contributed by atoms with Crippen molar-refractivity contribution in [1.29, 1.82) is 0 Å². The van der Waals surface area contributed by atoms with Crippen LogP contribution < -0.4 is 5.32 Å². The molecule has 3 rings (SSSR count). The third kappa shape index (κ3) is 2.36. The van der Waals surface area contributed by atoms with Crippen molar-refractivity contribution in [3.05, 3.63) is 37.4 Å². The van der Waals surface area contributed by atoms with Gasteiger partial charge in [0, 0.05) is 32.3 Å². The first-order valence-corrected chi connectivity index (χ1v) is 8.50. The number of aromatic nitrogens is 2. The molecule has 2 aromatic heterocycles. The van der Waals surface area contributed by atoms with Crippen molar-refractivity contribution < 1.29 is 0 Å². The molecule has 3 aromatic rings. The molecule has 0 saturated heterocycles. The Labute approximate surface area is 137 Å². The summed E-state index contributed by atoms with van der Waals surface area (Å²) in [6.07, 6.45) is 0. The monoisotopic (exact) mass is 411 g/mol. The molecule has 0 spiro atoms. The molecule has 3 nitrogen and oxygen atoms in total. The molecule has 2 heterocycles. The maximum atomic E-state index is 4.72. The number of nitrogens with zero attached hydrogens (tertiary/aromatic N) is 2. The number of fused-ring (bicyclic) bond motifs is 1. The van der Waals surface area contributed by atoms with E-state index in [1.54, 1.807) is 11.3 Å². The summed E-state index contributed by atoms with van der Waals surface area (Å²) in [7, 11) is 1.88. The van der Waals surface area contributed by atoms with Gasteiger partial charge in [0.25, 0.3) is 0 Å². The highest BCUT2D eigenvalue weighted by Crippen LogP contribution is 2.33. The van der Waals surface area contributed by atoms with E-state index in [2.05, 4.69) is 59.8 Å². The molecule has 0 radical (unpaired) electrons. The van der Waals surface area contributed by atoms with E-state index >= 15 is 0 Å². The summed E-state index contributed by atoms with van der Waals surface area (Å²) in [6.45, 7) is 2.08. The van der Waals surface area contributed by atoms with Crippen LogP contribution in [0.3, 0.4) is 0 Å². The maximum absolute atomic E-state index is 4.72. The second-order valence-corrected chi connectivity index (χ2v) is 6.91. The smallest absolute Gasteiger partial charge is 0.163 e. The van der Waals surface area contributed by atoms with Crippen LogP contribution in [-0.2, 0) is 0 Å². The third-order valence-electron chi connectivity index (χ3n) is 3.05. The minimum Gasteiger partial charge on any atom is -0.373 e. The fourth-order valence-electron chi connectivity index (χ4n) is 2.06. The van der Waals surface area contributed by atoms with Gasteiger partial charge in [-0.3, -0.25) is 0 Å². The van der Waals surface area contributed by atoms with Gasteiger partial charge in [0.2, 0.25) is 0 Å². The average Bonchev–Trinajstić information content (AvgIpc) is 2.84. The van der Waals surface area contributed by atoms with Crippen molar-refractivity contribution in [2.45, 2.75) is 6.92 Å². The van der Waals surface area contributed by atoms with E-state index in [1.807, 2.05) is 19.2 Å². The van der Waals surface area contributed by atoms with Gasteiger partial charge in [-0.2, -0.15) is 11.3 Å². The number of hydrogen-bond donors (Lipinski definition) is 1. The van der Waals surface area contributed by atoms with Crippen LogP contribution in [0.1, 0.15) is 5.56 Å². The van der Waals surface area contributed by atoms with Crippen LogP contribution >= 0.6 is 43.2 Å². The van der Waals surface area contributed by atoms with Crippen molar-refractivity contribution in [2.75, 3.05) is 12.4 Å². The molecule has 0 aliphatic rings. The van der Waals surface area contributed by atoms with Gasteiger partial charge in [0.15, 0.2) is 5.82 Å². The van der Waals surface area contributed by atoms with Gasteiger partial charge in [-0.05, 0) is 45.9 Å². The summed E-state index contributed by atoms with van der Waals surface area (Å²) in [5.41, 5.74) is 3.20. The number of rotatable bonds is 2. The summed E-state index contributed by atoms with van der Waals surface area (Å²) < 4.78 is 1.95. The Morgan fingerprint density at radius 1 is 1.15 bits per heavy atom. The summed E-state index contributed by atoms with van der Waals surface area (Å²) in [4.78, 5) is 9.36. The summed E-state index contributed by atoms with van der Waals surface area (Å²) in [6, 6.07) is 4.02. The van der Waals surface area contributed by atoms with Crippen molar-refractivity contribution in [3.8, 4) is 11.4 Å². The summed E-state index contributed by atoms with van der Waals surface area (Å²) in [5.74, 6) is 1.58. The number of aryl methyl sites for hydroxylation is 1. The first kappa shape index (κ1) is 14.0. The molecule has 0 aliphatic carbocycles. The van der Waals surface area contributed by atoms with Gasteiger partial charge < -0.3 is 5.32 Å². The highest BCUT2D eigenvalue weighted by Gasteiger charge is 2.13. The first-order chi connectivity index (χ1) is 9.60. The molecule has 102 valence electrons. The fourth-order valence-corrected chi connectivity index (χ4v) is 4.20. The second-order valence-electron chi connectivity index (χ2n) is 4.40. The van der Waals surface area contributed by atoms with Crippen LogP contribution in [0.4, 0.5) is 5.82 Å². The van der Waals surface area contributed by atoms with Gasteiger partial charge in [-0.15, -0.1) is 0 Å². The molecular weight excluding hydrogens is 402 g/mol. The predicted octanol–water partition coefficient (Wildman–Crippen LogP) is 5.23. The minimum atomic E-state index is 0.753. The molecule has 0 bridgehead atoms. The Morgan fingerprint density at radius 2 is 1.95 bits per heavy atom. The lowest BCUT2D eigenvalue weighted by Gasteiger charge is -2.10. The molecule has 0 unspecified atom stereocenters. The number of halogens is 2. The van der Waals surface area contributed by atoms with Crippen molar-refractivity contribution in [2.24, 2.45) is 0 Å². The van der Waals surface area contributed by atoms with Gasteiger partial charge >= 0.3 is 0 Å². The second kappa shape index (κ2) is 5.42. The van der Waals surface area contributed by atoms with Crippen LogP contribution in [0.15, 0.2) is 31.8 Å². The van der Waals surface area contributed by atoms with Gasteiger partial charge in [0.1, 0.15) is 5.82 Å². The van der Waals surface area contributed by atoms with Crippen molar-refractivity contribution in [3.63, 3.8) is 0 Å². The van der Waals surface area contributed by atoms with E-state index in [0.717, 1.165) is 37.1 Å². The Kier molecular flexibility index (Phi) is 3.79. The zero-order valence-electron chi connectivity index (χ0n) is 10.9. The Morgan fingerprint density at radius 3 is 2.60 bits per heavy atom. The number of benzene rings is 1. The number of thiophene rings is 1. The molecular formula is C14H11Br2N3S. The lowest BCUT2D eigenvalue weighted by atomic mass is 10.2. The van der Waals surface area contributed by atoms with Gasteiger partial charge in [0.05, 0.1) is 5.52 Å². The fraction of sp³-hybridized carbons (Fsp3) is 0.143. The van der Waals surface area contributed by atoms with E-state index in [4.69, 9.17) is 4.98 Å². The Bertz CT molecular complexity index is 798. The molecule has 0 saturated carbocycles. The molecule has 0 fully saturated rings. The minimum absolute atomic E-state index is 0.753. The summed E-state index contributed by atoms with van der Waals surface area (Å²) in [5, 5.41) is 8.34. The van der Waals surface area contributed by atoms with E-state index in [-0.39, 0.29) is 0 Å². The normalized spacial score (nSPS) is 11.0. The third-order valence-corrected chi connectivity index (χ3v) is 4.98. The van der Waals surface area contributed by atoms with Gasteiger partial charge in [-0.25, -0.2) is 9.97 Å². The highest BCUT2D eigenvalue weighted by atomic mass is 79.9. The van der Waals surface area contributed by atoms with Crippen LogP contribution in [0, 0.1) is 6.92 Å². The Hall–Kier alpha value is -0.980. The van der Waals surface area contributed by atoms with Crippen molar-refractivity contribution in [1.82, 2.24) is 9.97 Å². The quantitative estimate of drug-likeness (QED) is 0.625. The van der Waals surface area contributed by atoms with E-state index in [1.165, 1.54) is 5.56 Å². The maximum Gasteiger partial charge on any atom is 0.163 e. The largest absolute Gasteiger partial charge is 0.373 e. The van der Waals surface area contributed by atoms with Crippen LogP contribution in [0.25, 0.3) is 22.3 Å². The molecule has 6 heteroatoms. The van der Waals surface area contributed by atoms with Crippen LogP contribution in [-0.4, -0.2) is 17.0 Å². The average molecular weight is 413 g/mol. The summed E-state index contributed by atoms with van der Waals surface area (Å²) >= 11 is 8.75. The van der Waals surface area contributed by atoms with Gasteiger partial charge in [-0.1, -0.05) is 15.9 Å². The zero-order valence-corrected chi connectivity index (χ0v) is 14.9. The predicted molar refractivity (Wildman–Crippen MR) is 92.5 cm³/mol. The molecule has 1 N–H and O–H groups in total. The van der Waals surface area contributed by atoms with E-state index in [0.29, 0.717) is 0 Å². The number of hydrogen-bond acceptors (Lipinski definition) is 4. The molecule has 0 atom stereocenters. The molecule has 20 heavy (non-hydrogen) atoms.